The minimum Gasteiger partial charge on any atom is -0.379 e. The second-order valence-electron chi connectivity index (χ2n) is 5.19. The van der Waals surface area contributed by atoms with E-state index < -0.39 is 0 Å². The van der Waals surface area contributed by atoms with E-state index >= 15 is 0 Å². The normalized spacial score (nSPS) is 35.6. The van der Waals surface area contributed by atoms with Gasteiger partial charge in [-0.2, -0.15) is 0 Å². The molecule has 3 rings (SSSR count). The van der Waals surface area contributed by atoms with Crippen LogP contribution in [0.2, 0.25) is 0 Å². The van der Waals surface area contributed by atoms with Crippen LogP contribution in [-0.4, -0.2) is 47.7 Å². The molecule has 0 spiro atoms. The highest BCUT2D eigenvalue weighted by Crippen LogP contribution is 2.16. The van der Waals surface area contributed by atoms with E-state index in [4.69, 9.17) is 5.84 Å². The molecule has 3 aliphatic rings. The summed E-state index contributed by atoms with van der Waals surface area (Å²) in [6, 6.07) is 1.11. The number of hydrogen-bond donors (Lipinski definition) is 3. The molecule has 0 aromatic heterocycles. The van der Waals surface area contributed by atoms with Gasteiger partial charge in [0, 0.05) is 31.9 Å². The van der Waals surface area contributed by atoms with Crippen molar-refractivity contribution in [3.05, 3.63) is 36.3 Å². The third-order valence-electron chi connectivity index (χ3n) is 3.88. The van der Waals surface area contributed by atoms with Gasteiger partial charge < -0.3 is 15.5 Å². The lowest BCUT2D eigenvalue weighted by molar-refractivity contribution is 0.0974. The fraction of sp³-hybridized carbons (Fsp3) is 0.538. The van der Waals surface area contributed by atoms with E-state index in [9.17, 15) is 0 Å². The van der Waals surface area contributed by atoms with Crippen LogP contribution in [0.4, 0.5) is 0 Å². The van der Waals surface area contributed by atoms with Crippen molar-refractivity contribution in [3.8, 4) is 0 Å². The van der Waals surface area contributed by atoms with Crippen LogP contribution in [0.5, 0.6) is 0 Å². The molecule has 4 N–H and O–H groups in total. The Balaban J connectivity index is 1.68. The Kier molecular flexibility index (Phi) is 3.01. The molecule has 0 aromatic rings. The number of allylic oxidation sites excluding steroid dienone is 2. The Morgan fingerprint density at radius 3 is 2.78 bits per heavy atom. The molecule has 0 aromatic carbocycles. The molecule has 2 heterocycles. The standard InChI is InChI=1S/C13H21N5/c1-10-9-17(6-7-18(10)14)13-8-15-11-4-2-3-5-12(11)16-13/h2-5,8,10-12,15-16H,6-7,9,14H2,1H3. The molecule has 2 aliphatic heterocycles. The molecule has 0 amide bonds. The number of nitrogens with two attached hydrogens (primary N) is 1. The molecule has 3 unspecified atom stereocenters. The lowest BCUT2D eigenvalue weighted by atomic mass is 10.0. The van der Waals surface area contributed by atoms with Crippen molar-refractivity contribution in [1.29, 1.82) is 0 Å². The van der Waals surface area contributed by atoms with E-state index in [1.165, 1.54) is 5.82 Å². The average Bonchev–Trinajstić information content (AvgIpc) is 2.41. The van der Waals surface area contributed by atoms with Crippen molar-refractivity contribution >= 4 is 0 Å². The molecule has 18 heavy (non-hydrogen) atoms. The number of nitrogens with one attached hydrogen (secondary N) is 2. The largest absolute Gasteiger partial charge is 0.379 e. The second-order valence-corrected chi connectivity index (χ2v) is 5.19. The number of piperazine rings is 1. The molecule has 1 aliphatic carbocycles. The highest BCUT2D eigenvalue weighted by Gasteiger charge is 2.28. The zero-order valence-corrected chi connectivity index (χ0v) is 10.7. The maximum atomic E-state index is 5.91. The van der Waals surface area contributed by atoms with E-state index in [-0.39, 0.29) is 0 Å². The number of rotatable bonds is 1. The zero-order valence-electron chi connectivity index (χ0n) is 10.7. The Hall–Kier alpha value is -1.46. The van der Waals surface area contributed by atoms with Crippen molar-refractivity contribution in [2.24, 2.45) is 5.84 Å². The van der Waals surface area contributed by atoms with Crippen LogP contribution in [0.3, 0.4) is 0 Å². The summed E-state index contributed by atoms with van der Waals surface area (Å²) in [6.45, 7) is 5.01. The molecule has 5 heteroatoms. The minimum atomic E-state index is 0.348. The van der Waals surface area contributed by atoms with Gasteiger partial charge in [-0.3, -0.25) is 5.84 Å². The fourth-order valence-electron chi connectivity index (χ4n) is 2.66. The highest BCUT2D eigenvalue weighted by molar-refractivity contribution is 5.25. The quantitative estimate of drug-likeness (QED) is 0.557. The number of fused-ring (bicyclic) bond motifs is 1. The minimum absolute atomic E-state index is 0.348. The van der Waals surface area contributed by atoms with Gasteiger partial charge in [0.15, 0.2) is 0 Å². The fourth-order valence-corrected chi connectivity index (χ4v) is 2.66. The Labute approximate surface area is 108 Å². The smallest absolute Gasteiger partial charge is 0.118 e. The van der Waals surface area contributed by atoms with Crippen LogP contribution in [0.1, 0.15) is 6.92 Å². The average molecular weight is 247 g/mol. The van der Waals surface area contributed by atoms with E-state index in [1.54, 1.807) is 0 Å². The van der Waals surface area contributed by atoms with E-state index in [2.05, 4.69) is 53.0 Å². The molecule has 1 saturated heterocycles. The topological polar surface area (TPSA) is 56.6 Å². The summed E-state index contributed by atoms with van der Waals surface area (Å²) in [5.41, 5.74) is 0. The van der Waals surface area contributed by atoms with Gasteiger partial charge in [0.1, 0.15) is 5.82 Å². The summed E-state index contributed by atoms with van der Waals surface area (Å²) in [7, 11) is 0. The summed E-state index contributed by atoms with van der Waals surface area (Å²) in [5.74, 6) is 7.08. The summed E-state index contributed by atoms with van der Waals surface area (Å²) in [6.07, 6.45) is 10.7. The first-order valence-electron chi connectivity index (χ1n) is 6.58. The summed E-state index contributed by atoms with van der Waals surface area (Å²) in [4.78, 5) is 2.36. The molecule has 1 fully saturated rings. The van der Waals surface area contributed by atoms with Crippen molar-refractivity contribution in [2.45, 2.75) is 25.0 Å². The van der Waals surface area contributed by atoms with Gasteiger partial charge in [-0.15, -0.1) is 0 Å². The van der Waals surface area contributed by atoms with Crippen LogP contribution >= 0.6 is 0 Å². The van der Waals surface area contributed by atoms with Gasteiger partial charge in [-0.05, 0) is 6.92 Å². The molecular weight excluding hydrogens is 226 g/mol. The second kappa shape index (κ2) is 4.66. The van der Waals surface area contributed by atoms with Crippen LogP contribution in [-0.2, 0) is 0 Å². The van der Waals surface area contributed by atoms with Gasteiger partial charge >= 0.3 is 0 Å². The van der Waals surface area contributed by atoms with Crippen LogP contribution in [0.25, 0.3) is 0 Å². The van der Waals surface area contributed by atoms with Crippen molar-refractivity contribution in [2.75, 3.05) is 19.6 Å². The molecular formula is C13H21N5. The van der Waals surface area contributed by atoms with Crippen LogP contribution in [0, 0.1) is 0 Å². The van der Waals surface area contributed by atoms with Gasteiger partial charge in [0.05, 0.1) is 12.1 Å². The maximum Gasteiger partial charge on any atom is 0.118 e. The van der Waals surface area contributed by atoms with Gasteiger partial charge in [0.2, 0.25) is 0 Å². The summed E-state index contributed by atoms with van der Waals surface area (Å²) in [5, 5.41) is 8.95. The zero-order chi connectivity index (χ0) is 12.5. The van der Waals surface area contributed by atoms with E-state index in [0.29, 0.717) is 18.1 Å². The molecule has 0 radical (unpaired) electrons. The van der Waals surface area contributed by atoms with Gasteiger partial charge in [-0.1, -0.05) is 24.3 Å². The third kappa shape index (κ3) is 2.11. The van der Waals surface area contributed by atoms with Gasteiger partial charge in [0.25, 0.3) is 0 Å². The first kappa shape index (κ1) is 11.6. The monoisotopic (exact) mass is 247 g/mol. The Morgan fingerprint density at radius 1 is 1.22 bits per heavy atom. The van der Waals surface area contributed by atoms with Crippen LogP contribution < -0.4 is 16.5 Å². The summed E-state index contributed by atoms with van der Waals surface area (Å²) < 4.78 is 0. The van der Waals surface area contributed by atoms with E-state index in [0.717, 1.165) is 19.6 Å². The third-order valence-corrected chi connectivity index (χ3v) is 3.88. The maximum absolute atomic E-state index is 5.91. The first-order valence-corrected chi connectivity index (χ1v) is 6.58. The first-order chi connectivity index (χ1) is 8.74. The predicted octanol–water partition coefficient (Wildman–Crippen LogP) is -0.279. The Bertz CT molecular complexity index is 400. The Morgan fingerprint density at radius 2 is 2.00 bits per heavy atom. The van der Waals surface area contributed by atoms with Crippen molar-refractivity contribution in [1.82, 2.24) is 20.5 Å². The molecule has 0 saturated carbocycles. The predicted molar refractivity (Wildman–Crippen MR) is 72.1 cm³/mol. The molecule has 0 bridgehead atoms. The number of hydrazine groups is 1. The van der Waals surface area contributed by atoms with Crippen molar-refractivity contribution < 1.29 is 0 Å². The lowest BCUT2D eigenvalue weighted by Crippen LogP contribution is -2.58. The van der Waals surface area contributed by atoms with E-state index in [1.807, 2.05) is 5.01 Å². The van der Waals surface area contributed by atoms with Crippen molar-refractivity contribution in [3.63, 3.8) is 0 Å². The lowest BCUT2D eigenvalue weighted by Gasteiger charge is -2.43. The highest BCUT2D eigenvalue weighted by atomic mass is 15.5. The van der Waals surface area contributed by atoms with Gasteiger partial charge in [-0.25, -0.2) is 5.01 Å². The molecule has 98 valence electrons. The SMILES string of the molecule is CC1CN(C2=CNC3C=CC=CC3N2)CCN1N. The molecule has 5 nitrogen and oxygen atoms in total. The molecule has 3 atom stereocenters. The number of nitrogens with zero attached hydrogens (tertiary/aromatic N) is 2. The number of hydrogen-bond acceptors (Lipinski definition) is 5. The van der Waals surface area contributed by atoms with Crippen LogP contribution in [0.15, 0.2) is 36.3 Å². The summed E-state index contributed by atoms with van der Waals surface area (Å²) >= 11 is 0.